The van der Waals surface area contributed by atoms with Gasteiger partial charge in [-0.05, 0) is 47.2 Å². The fourth-order valence-corrected chi connectivity index (χ4v) is 5.58. The van der Waals surface area contributed by atoms with Crippen LogP contribution in [0.3, 0.4) is 0 Å². The number of nitrogens with zero attached hydrogens (tertiary/aromatic N) is 2. The summed E-state index contributed by atoms with van der Waals surface area (Å²) >= 11 is 12.5. The van der Waals surface area contributed by atoms with Gasteiger partial charge in [0.15, 0.2) is 0 Å². The molecular weight excluding hydrogens is 557 g/mol. The molecule has 1 aliphatic heterocycles. The molecule has 0 aliphatic carbocycles. The first-order chi connectivity index (χ1) is 19.9. The zero-order valence-corrected chi connectivity index (χ0v) is 24.3. The molecule has 41 heavy (non-hydrogen) atoms. The van der Waals surface area contributed by atoms with Crippen LogP contribution >= 0.6 is 23.2 Å². The smallest absolute Gasteiger partial charge is 0.259 e. The molecule has 8 heteroatoms. The van der Waals surface area contributed by atoms with Gasteiger partial charge in [0.2, 0.25) is 11.8 Å². The van der Waals surface area contributed by atoms with Crippen molar-refractivity contribution >= 4 is 57.4 Å². The van der Waals surface area contributed by atoms with Crippen LogP contribution in [0.5, 0.6) is 0 Å². The molecule has 0 fully saturated rings. The summed E-state index contributed by atoms with van der Waals surface area (Å²) in [5, 5.41) is 5.56. The van der Waals surface area contributed by atoms with Gasteiger partial charge in [0.1, 0.15) is 12.6 Å². The lowest BCUT2D eigenvalue weighted by molar-refractivity contribution is -0.140. The molecule has 1 atom stereocenters. The third-order valence-corrected chi connectivity index (χ3v) is 8.12. The van der Waals surface area contributed by atoms with Gasteiger partial charge < -0.3 is 10.2 Å². The number of carbonyl (C=O) groups is 3. The molecule has 1 heterocycles. The van der Waals surface area contributed by atoms with Gasteiger partial charge in [0.05, 0.1) is 15.7 Å². The maximum atomic E-state index is 14.2. The predicted molar refractivity (Wildman–Crippen MR) is 164 cm³/mol. The molecular formula is C33H31Cl2N3O3. The van der Waals surface area contributed by atoms with Gasteiger partial charge in [0.25, 0.3) is 5.91 Å². The monoisotopic (exact) mass is 587 g/mol. The second kappa shape index (κ2) is 12.8. The van der Waals surface area contributed by atoms with E-state index >= 15 is 0 Å². The Kier molecular flexibility index (Phi) is 8.91. The van der Waals surface area contributed by atoms with Crippen LogP contribution < -0.4 is 10.2 Å². The fraction of sp³-hybridized carbons (Fsp3) is 0.242. The molecule has 0 aromatic heterocycles. The van der Waals surface area contributed by atoms with Gasteiger partial charge in [0, 0.05) is 30.5 Å². The topological polar surface area (TPSA) is 69.7 Å². The normalized spacial score (nSPS) is 13.0. The highest BCUT2D eigenvalue weighted by atomic mass is 35.5. The van der Waals surface area contributed by atoms with E-state index in [4.69, 9.17) is 23.2 Å². The Morgan fingerprint density at radius 3 is 2.39 bits per heavy atom. The summed E-state index contributed by atoms with van der Waals surface area (Å²) in [7, 11) is 0. The molecule has 0 radical (unpaired) electrons. The van der Waals surface area contributed by atoms with Crippen molar-refractivity contribution in [3.8, 4) is 0 Å². The number of hydrogen-bond acceptors (Lipinski definition) is 3. The molecule has 6 nitrogen and oxygen atoms in total. The van der Waals surface area contributed by atoms with Crippen LogP contribution in [0, 0.1) is 0 Å². The van der Waals surface area contributed by atoms with Crippen LogP contribution in [0.25, 0.3) is 10.8 Å². The van der Waals surface area contributed by atoms with E-state index in [-0.39, 0.29) is 30.8 Å². The summed E-state index contributed by atoms with van der Waals surface area (Å²) in [4.78, 5) is 44.5. The number of amides is 3. The van der Waals surface area contributed by atoms with Crippen LogP contribution in [0.15, 0.2) is 84.9 Å². The zero-order valence-electron chi connectivity index (χ0n) is 22.8. The van der Waals surface area contributed by atoms with Crippen LogP contribution in [0.4, 0.5) is 5.69 Å². The van der Waals surface area contributed by atoms with Gasteiger partial charge in [-0.15, -0.1) is 0 Å². The molecule has 0 bridgehead atoms. The summed E-state index contributed by atoms with van der Waals surface area (Å²) in [6, 6.07) is 25.2. The van der Waals surface area contributed by atoms with Crippen molar-refractivity contribution in [1.29, 1.82) is 0 Å². The molecule has 1 aliphatic rings. The fourth-order valence-electron chi connectivity index (χ4n) is 5.26. The van der Waals surface area contributed by atoms with E-state index in [9.17, 15) is 14.4 Å². The maximum Gasteiger partial charge on any atom is 0.259 e. The van der Waals surface area contributed by atoms with Crippen LogP contribution in [-0.2, 0) is 22.6 Å². The predicted octanol–water partition coefficient (Wildman–Crippen LogP) is 6.66. The Hall–Kier alpha value is -3.87. The molecule has 1 unspecified atom stereocenters. The van der Waals surface area contributed by atoms with E-state index in [0.717, 1.165) is 34.7 Å². The number of rotatable bonds is 11. The van der Waals surface area contributed by atoms with Crippen LogP contribution in [0.2, 0.25) is 10.0 Å². The van der Waals surface area contributed by atoms with Gasteiger partial charge >= 0.3 is 0 Å². The number of hydrogen-bond donors (Lipinski definition) is 1. The van der Waals surface area contributed by atoms with Crippen LogP contribution in [-0.4, -0.2) is 41.8 Å². The zero-order chi connectivity index (χ0) is 28.9. The van der Waals surface area contributed by atoms with Gasteiger partial charge in [-0.25, -0.2) is 0 Å². The molecule has 5 rings (SSSR count). The van der Waals surface area contributed by atoms with E-state index < -0.39 is 6.04 Å². The van der Waals surface area contributed by atoms with E-state index in [1.54, 1.807) is 29.2 Å². The Morgan fingerprint density at radius 2 is 1.66 bits per heavy atom. The Bertz CT molecular complexity index is 1590. The number of nitrogens with one attached hydrogen (secondary N) is 1. The quantitative estimate of drug-likeness (QED) is 0.199. The summed E-state index contributed by atoms with van der Waals surface area (Å²) in [5.41, 5.74) is 2.91. The highest BCUT2D eigenvalue weighted by molar-refractivity contribution is 6.42. The molecule has 0 spiro atoms. The van der Waals surface area contributed by atoms with E-state index in [1.807, 2.05) is 60.7 Å². The van der Waals surface area contributed by atoms with Crippen LogP contribution in [0.1, 0.15) is 41.3 Å². The first kappa shape index (κ1) is 28.7. The minimum atomic E-state index is -0.813. The molecule has 3 amide bonds. The van der Waals surface area contributed by atoms with Crippen molar-refractivity contribution in [1.82, 2.24) is 10.2 Å². The van der Waals surface area contributed by atoms with E-state index in [0.29, 0.717) is 34.3 Å². The first-order valence-electron chi connectivity index (χ1n) is 13.8. The summed E-state index contributed by atoms with van der Waals surface area (Å²) in [6.45, 7) is 2.48. The van der Waals surface area contributed by atoms with E-state index in [1.165, 1.54) is 4.90 Å². The molecule has 1 N–H and O–H groups in total. The standard InChI is InChI=1S/C33H31Cl2N3O3/c1-2-3-17-36-32(40)29(19-22-9-5-4-6-10-22)37(20-23-15-16-26(34)27(35)18-23)30(39)21-38-28-14-8-12-24-11-7-13-25(31(24)28)33(38)41/h4-16,18,29H,2-3,17,19-21H2,1H3,(H,36,40). The average Bonchev–Trinajstić information content (AvgIpc) is 3.25. The number of halogens is 2. The SMILES string of the molecule is CCCCNC(=O)C(Cc1ccccc1)N(Cc1ccc(Cl)c(Cl)c1)C(=O)CN1C(=O)c2cccc3cccc1c23. The lowest BCUT2D eigenvalue weighted by Crippen LogP contribution is -2.53. The largest absolute Gasteiger partial charge is 0.354 e. The highest BCUT2D eigenvalue weighted by Gasteiger charge is 2.35. The van der Waals surface area contributed by atoms with Crippen molar-refractivity contribution in [2.45, 2.75) is 38.8 Å². The number of anilines is 1. The highest BCUT2D eigenvalue weighted by Crippen LogP contribution is 2.37. The summed E-state index contributed by atoms with van der Waals surface area (Å²) in [6.07, 6.45) is 2.07. The summed E-state index contributed by atoms with van der Waals surface area (Å²) < 4.78 is 0. The summed E-state index contributed by atoms with van der Waals surface area (Å²) in [5.74, 6) is -0.818. The second-order valence-corrected chi connectivity index (χ2v) is 11.0. The maximum absolute atomic E-state index is 14.2. The van der Waals surface area contributed by atoms with Gasteiger partial charge in [-0.1, -0.05) is 97.2 Å². The number of carbonyl (C=O) groups excluding carboxylic acids is 3. The number of unbranched alkanes of at least 4 members (excludes halogenated alkanes) is 1. The molecule has 0 saturated carbocycles. The second-order valence-electron chi connectivity index (χ2n) is 10.2. The van der Waals surface area contributed by atoms with Gasteiger partial charge in [-0.2, -0.15) is 0 Å². The van der Waals surface area contributed by atoms with Gasteiger partial charge in [-0.3, -0.25) is 19.3 Å². The average molecular weight is 589 g/mol. The minimum Gasteiger partial charge on any atom is -0.354 e. The third kappa shape index (κ3) is 6.24. The third-order valence-electron chi connectivity index (χ3n) is 7.38. The van der Waals surface area contributed by atoms with Crippen molar-refractivity contribution in [3.63, 3.8) is 0 Å². The van der Waals surface area contributed by atoms with Crippen molar-refractivity contribution in [3.05, 3.63) is 112 Å². The number of benzene rings is 4. The Balaban J connectivity index is 1.50. The molecule has 4 aromatic rings. The lowest BCUT2D eigenvalue weighted by Gasteiger charge is -2.33. The molecule has 210 valence electrons. The van der Waals surface area contributed by atoms with Crippen molar-refractivity contribution in [2.24, 2.45) is 0 Å². The Morgan fingerprint density at radius 1 is 0.902 bits per heavy atom. The molecule has 4 aromatic carbocycles. The first-order valence-corrected chi connectivity index (χ1v) is 14.5. The van der Waals surface area contributed by atoms with E-state index in [2.05, 4.69) is 12.2 Å². The van der Waals surface area contributed by atoms with Crippen molar-refractivity contribution in [2.75, 3.05) is 18.0 Å². The Labute approximate surface area is 249 Å². The minimum absolute atomic E-state index is 0.119. The molecule has 0 saturated heterocycles. The lowest BCUT2D eigenvalue weighted by atomic mass is 10.0. The van der Waals surface area contributed by atoms with Crippen molar-refractivity contribution < 1.29 is 14.4 Å².